The summed E-state index contributed by atoms with van der Waals surface area (Å²) in [5.74, 6) is -5.96. The fourth-order valence-corrected chi connectivity index (χ4v) is 4.10. The molecule has 4 N–H and O–H groups in total. The van der Waals surface area contributed by atoms with E-state index >= 15 is 0 Å². The Kier molecular flexibility index (Phi) is 8.02. The summed E-state index contributed by atoms with van der Waals surface area (Å²) < 4.78 is 45.3. The summed E-state index contributed by atoms with van der Waals surface area (Å²) in [5, 5.41) is 5.18. The molecule has 38 heavy (non-hydrogen) atoms. The predicted molar refractivity (Wildman–Crippen MR) is 133 cm³/mol. The third-order valence-electron chi connectivity index (χ3n) is 5.93. The average molecular weight is 550 g/mol. The van der Waals surface area contributed by atoms with Gasteiger partial charge in [-0.1, -0.05) is 11.6 Å². The Morgan fingerprint density at radius 3 is 2.39 bits per heavy atom. The number of hydrogen-bond acceptors (Lipinski definition) is 6. The molecule has 9 nitrogen and oxygen atoms in total. The number of alkyl halides is 2. The Balaban J connectivity index is 1.40. The van der Waals surface area contributed by atoms with Gasteiger partial charge in [-0.25, -0.2) is 18.2 Å². The lowest BCUT2D eigenvalue weighted by molar-refractivity contribution is -0.0547. The minimum Gasteiger partial charge on any atom is -0.430 e. The second-order valence-corrected chi connectivity index (χ2v) is 9.08. The number of piperidine rings is 1. The van der Waals surface area contributed by atoms with Crippen molar-refractivity contribution < 1.29 is 32.0 Å². The summed E-state index contributed by atoms with van der Waals surface area (Å²) in [5.41, 5.74) is 5.91. The summed E-state index contributed by atoms with van der Waals surface area (Å²) in [6, 6.07) is 9.53. The SMILES string of the molecule is NC(=O)c1oc(-c2ccc(NC(=O)c3ccc(F)cc3Cl)cc2)nc1C(=O)NCCN1CCC(F)(F)CC1. The van der Waals surface area contributed by atoms with E-state index in [1.807, 2.05) is 4.90 Å². The quantitative estimate of drug-likeness (QED) is 0.390. The molecule has 0 saturated carbocycles. The molecule has 0 aliphatic carbocycles. The maximum Gasteiger partial charge on any atom is 0.287 e. The van der Waals surface area contributed by atoms with E-state index in [1.165, 1.54) is 30.3 Å². The van der Waals surface area contributed by atoms with E-state index < -0.39 is 35.2 Å². The van der Waals surface area contributed by atoms with Crippen LogP contribution in [0.25, 0.3) is 11.5 Å². The number of anilines is 1. The Bertz CT molecular complexity index is 1350. The first-order valence-electron chi connectivity index (χ1n) is 11.6. The topological polar surface area (TPSA) is 131 Å². The molecule has 200 valence electrons. The van der Waals surface area contributed by atoms with E-state index in [2.05, 4.69) is 15.6 Å². The third kappa shape index (κ3) is 6.50. The van der Waals surface area contributed by atoms with Crippen LogP contribution in [0.3, 0.4) is 0 Å². The van der Waals surface area contributed by atoms with Crippen molar-refractivity contribution in [1.82, 2.24) is 15.2 Å². The minimum absolute atomic E-state index is 0.0406. The lowest BCUT2D eigenvalue weighted by atomic mass is 10.1. The number of nitrogens with zero attached hydrogens (tertiary/aromatic N) is 2. The van der Waals surface area contributed by atoms with Gasteiger partial charge in [-0.05, 0) is 42.5 Å². The van der Waals surface area contributed by atoms with Gasteiger partial charge >= 0.3 is 0 Å². The zero-order chi connectivity index (χ0) is 27.4. The Morgan fingerprint density at radius 1 is 1.08 bits per heavy atom. The van der Waals surface area contributed by atoms with E-state index in [1.54, 1.807) is 0 Å². The number of rotatable bonds is 8. The normalized spacial score (nSPS) is 15.2. The maximum absolute atomic E-state index is 13.3. The molecule has 0 radical (unpaired) electrons. The average Bonchev–Trinajstić information content (AvgIpc) is 3.31. The summed E-state index contributed by atoms with van der Waals surface area (Å²) in [6.07, 6.45) is -0.469. The number of amides is 3. The molecule has 1 aromatic heterocycles. The molecule has 0 unspecified atom stereocenters. The molecule has 1 fully saturated rings. The van der Waals surface area contributed by atoms with E-state index in [0.29, 0.717) is 17.8 Å². The van der Waals surface area contributed by atoms with Crippen molar-refractivity contribution in [3.05, 3.63) is 70.3 Å². The number of carbonyl (C=O) groups excluding carboxylic acids is 3. The zero-order valence-electron chi connectivity index (χ0n) is 19.9. The molecule has 4 rings (SSSR count). The van der Waals surface area contributed by atoms with Gasteiger partial charge in [-0.3, -0.25) is 14.4 Å². The molecule has 1 saturated heterocycles. The predicted octanol–water partition coefficient (Wildman–Crippen LogP) is 3.95. The Morgan fingerprint density at radius 2 is 1.76 bits per heavy atom. The summed E-state index contributed by atoms with van der Waals surface area (Å²) in [4.78, 5) is 42.9. The Labute approximate surface area is 220 Å². The van der Waals surface area contributed by atoms with Crippen molar-refractivity contribution in [2.45, 2.75) is 18.8 Å². The van der Waals surface area contributed by atoms with Gasteiger partial charge in [0.05, 0.1) is 10.6 Å². The molecule has 0 spiro atoms. The number of nitrogens with two attached hydrogens (primary N) is 1. The van der Waals surface area contributed by atoms with Gasteiger partial charge in [0.2, 0.25) is 11.7 Å². The largest absolute Gasteiger partial charge is 0.430 e. The molecule has 2 aromatic carbocycles. The summed E-state index contributed by atoms with van der Waals surface area (Å²) in [6.45, 7) is 0.944. The molecule has 13 heteroatoms. The molecule has 3 amide bonds. The van der Waals surface area contributed by atoms with Crippen LogP contribution in [0.5, 0.6) is 0 Å². The number of oxazole rings is 1. The monoisotopic (exact) mass is 549 g/mol. The number of aromatic nitrogens is 1. The fraction of sp³-hybridized carbons (Fsp3) is 0.280. The molecule has 0 bridgehead atoms. The van der Waals surface area contributed by atoms with Crippen LogP contribution in [0, 0.1) is 5.82 Å². The first-order chi connectivity index (χ1) is 18.0. The standard InChI is InChI=1S/C25H23ClF3N5O4/c26-18-13-15(27)3-6-17(18)22(36)32-16-4-1-14(2-5-16)24-33-19(20(38-24)21(30)35)23(37)31-9-12-34-10-7-25(28,29)8-11-34/h1-6,13H,7-12H2,(H2,30,35)(H,31,37)(H,32,36). The lowest BCUT2D eigenvalue weighted by Gasteiger charge is -2.31. The second-order valence-electron chi connectivity index (χ2n) is 8.67. The number of nitrogens with one attached hydrogen (secondary N) is 2. The zero-order valence-corrected chi connectivity index (χ0v) is 20.7. The smallest absolute Gasteiger partial charge is 0.287 e. The molecule has 2 heterocycles. The van der Waals surface area contributed by atoms with Crippen LogP contribution >= 0.6 is 11.6 Å². The number of benzene rings is 2. The van der Waals surface area contributed by atoms with Gasteiger partial charge < -0.3 is 25.7 Å². The van der Waals surface area contributed by atoms with Crippen LogP contribution in [0.15, 0.2) is 46.9 Å². The first-order valence-corrected chi connectivity index (χ1v) is 12.0. The van der Waals surface area contributed by atoms with Crippen LogP contribution in [0.1, 0.15) is 44.2 Å². The van der Waals surface area contributed by atoms with Gasteiger partial charge in [0, 0.05) is 50.3 Å². The summed E-state index contributed by atoms with van der Waals surface area (Å²) in [7, 11) is 0. The number of primary amides is 1. The third-order valence-corrected chi connectivity index (χ3v) is 6.25. The van der Waals surface area contributed by atoms with Gasteiger partial charge in [0.1, 0.15) is 5.82 Å². The van der Waals surface area contributed by atoms with Crippen molar-refractivity contribution in [3.63, 3.8) is 0 Å². The van der Waals surface area contributed by atoms with Crippen LogP contribution in [-0.4, -0.2) is 59.7 Å². The van der Waals surface area contributed by atoms with Gasteiger partial charge in [-0.15, -0.1) is 0 Å². The van der Waals surface area contributed by atoms with Crippen LogP contribution in [0.4, 0.5) is 18.9 Å². The van der Waals surface area contributed by atoms with Crippen molar-refractivity contribution in [1.29, 1.82) is 0 Å². The van der Waals surface area contributed by atoms with E-state index in [-0.39, 0.29) is 54.6 Å². The van der Waals surface area contributed by atoms with E-state index in [9.17, 15) is 27.6 Å². The van der Waals surface area contributed by atoms with E-state index in [0.717, 1.165) is 12.1 Å². The minimum atomic E-state index is -2.66. The molecule has 1 aliphatic rings. The van der Waals surface area contributed by atoms with Gasteiger partial charge in [-0.2, -0.15) is 0 Å². The highest BCUT2D eigenvalue weighted by Crippen LogP contribution is 2.27. The van der Waals surface area contributed by atoms with Crippen molar-refractivity contribution >= 4 is 35.0 Å². The van der Waals surface area contributed by atoms with Crippen molar-refractivity contribution in [2.75, 3.05) is 31.5 Å². The van der Waals surface area contributed by atoms with Crippen LogP contribution in [0.2, 0.25) is 5.02 Å². The number of halogens is 4. The molecule has 1 aliphatic heterocycles. The van der Waals surface area contributed by atoms with Gasteiger partial charge in [0.15, 0.2) is 5.69 Å². The van der Waals surface area contributed by atoms with Crippen LogP contribution < -0.4 is 16.4 Å². The molecular weight excluding hydrogens is 527 g/mol. The second kappa shape index (κ2) is 11.2. The highest BCUT2D eigenvalue weighted by molar-refractivity contribution is 6.34. The molecular formula is C25H23ClF3N5O4. The number of carbonyl (C=O) groups is 3. The number of likely N-dealkylation sites (tertiary alicyclic amines) is 1. The van der Waals surface area contributed by atoms with Gasteiger partial charge in [0.25, 0.3) is 23.6 Å². The Hall–Kier alpha value is -3.90. The number of hydrogen-bond donors (Lipinski definition) is 3. The summed E-state index contributed by atoms with van der Waals surface area (Å²) >= 11 is 5.92. The van der Waals surface area contributed by atoms with Crippen molar-refractivity contribution in [3.8, 4) is 11.5 Å². The molecule has 3 aromatic rings. The molecule has 0 atom stereocenters. The maximum atomic E-state index is 13.3. The highest BCUT2D eigenvalue weighted by Gasteiger charge is 2.33. The fourth-order valence-electron chi connectivity index (χ4n) is 3.85. The first kappa shape index (κ1) is 27.1. The van der Waals surface area contributed by atoms with Crippen LogP contribution in [-0.2, 0) is 0 Å². The highest BCUT2D eigenvalue weighted by atomic mass is 35.5. The van der Waals surface area contributed by atoms with E-state index in [4.69, 9.17) is 21.8 Å². The lowest BCUT2D eigenvalue weighted by Crippen LogP contribution is -2.43. The van der Waals surface area contributed by atoms with Crippen molar-refractivity contribution in [2.24, 2.45) is 5.73 Å².